The summed E-state index contributed by atoms with van der Waals surface area (Å²) in [6.07, 6.45) is 1.72. The van der Waals surface area contributed by atoms with Crippen LogP contribution in [0.4, 0.5) is 0 Å². The summed E-state index contributed by atoms with van der Waals surface area (Å²) in [5.41, 5.74) is 0. The molecular formula is C6H10NO-. The van der Waals surface area contributed by atoms with E-state index in [4.69, 9.17) is 4.74 Å². The first-order valence-electron chi connectivity index (χ1n) is 3.05. The number of hydrogen-bond acceptors (Lipinski definition) is 2. The maximum absolute atomic E-state index is 5.34. The van der Waals surface area contributed by atoms with Gasteiger partial charge in [0.05, 0.1) is 12.7 Å². The summed E-state index contributed by atoms with van der Waals surface area (Å²) in [4.78, 5) is 2.13. The van der Waals surface area contributed by atoms with Crippen LogP contribution < -0.4 is 0 Å². The van der Waals surface area contributed by atoms with Gasteiger partial charge in [-0.2, -0.15) is 0 Å². The predicted octanol–water partition coefficient (Wildman–Crippen LogP) is 0.251. The lowest BCUT2D eigenvalue weighted by Crippen LogP contribution is -2.31. The first-order chi connectivity index (χ1) is 3.86. The SMILES string of the molecule is [CH2-]N1C[C@H]2C[C@@H]1CO2. The summed E-state index contributed by atoms with van der Waals surface area (Å²) < 4.78 is 5.34. The van der Waals surface area contributed by atoms with Gasteiger partial charge in [0.1, 0.15) is 0 Å². The van der Waals surface area contributed by atoms with Crippen LogP contribution in [0.25, 0.3) is 0 Å². The Morgan fingerprint density at radius 1 is 1.62 bits per heavy atom. The molecule has 0 aromatic heterocycles. The Morgan fingerprint density at radius 3 is 2.75 bits per heavy atom. The van der Waals surface area contributed by atoms with Crippen molar-refractivity contribution < 1.29 is 4.74 Å². The molecule has 2 atom stereocenters. The quantitative estimate of drug-likeness (QED) is 0.416. The molecule has 0 saturated carbocycles. The monoisotopic (exact) mass is 112 g/mol. The highest BCUT2D eigenvalue weighted by molar-refractivity contribution is 4.90. The number of ether oxygens (including phenoxy) is 1. The Morgan fingerprint density at radius 2 is 2.50 bits per heavy atom. The van der Waals surface area contributed by atoms with Crippen LogP contribution in [0.5, 0.6) is 0 Å². The van der Waals surface area contributed by atoms with Crippen molar-refractivity contribution in [2.24, 2.45) is 0 Å². The molecule has 0 spiro atoms. The highest BCUT2D eigenvalue weighted by Gasteiger charge is 2.32. The zero-order valence-electron chi connectivity index (χ0n) is 4.84. The fraction of sp³-hybridized carbons (Fsp3) is 0.833. The van der Waals surface area contributed by atoms with E-state index in [0.717, 1.165) is 13.2 Å². The van der Waals surface area contributed by atoms with Gasteiger partial charge in [0, 0.05) is 6.04 Å². The van der Waals surface area contributed by atoms with Gasteiger partial charge < -0.3 is 9.64 Å². The molecule has 2 fully saturated rings. The molecule has 8 heavy (non-hydrogen) atoms. The van der Waals surface area contributed by atoms with Gasteiger partial charge in [0.25, 0.3) is 0 Å². The minimum atomic E-state index is 0.512. The van der Waals surface area contributed by atoms with Crippen molar-refractivity contribution in [2.45, 2.75) is 18.6 Å². The van der Waals surface area contributed by atoms with Gasteiger partial charge in [-0.3, -0.25) is 7.05 Å². The van der Waals surface area contributed by atoms with Crippen LogP contribution in [0, 0.1) is 7.05 Å². The Kier molecular flexibility index (Phi) is 0.866. The topological polar surface area (TPSA) is 12.5 Å². The van der Waals surface area contributed by atoms with Gasteiger partial charge in [0.15, 0.2) is 0 Å². The first kappa shape index (κ1) is 4.77. The van der Waals surface area contributed by atoms with E-state index in [1.165, 1.54) is 6.42 Å². The third-order valence-corrected chi connectivity index (χ3v) is 2.01. The van der Waals surface area contributed by atoms with Crippen molar-refractivity contribution in [1.29, 1.82) is 0 Å². The van der Waals surface area contributed by atoms with Crippen LogP contribution in [0.1, 0.15) is 6.42 Å². The van der Waals surface area contributed by atoms with E-state index in [1.54, 1.807) is 0 Å². The molecule has 0 N–H and O–H groups in total. The molecular weight excluding hydrogens is 102 g/mol. The molecule has 0 aliphatic carbocycles. The zero-order valence-corrected chi connectivity index (χ0v) is 4.84. The number of fused-ring (bicyclic) bond motifs is 2. The molecule has 2 aliphatic rings. The van der Waals surface area contributed by atoms with E-state index in [0.29, 0.717) is 12.1 Å². The van der Waals surface area contributed by atoms with Gasteiger partial charge in [-0.25, -0.2) is 0 Å². The van der Waals surface area contributed by atoms with E-state index < -0.39 is 0 Å². The molecule has 0 unspecified atom stereocenters. The van der Waals surface area contributed by atoms with Gasteiger partial charge in [-0.05, 0) is 13.0 Å². The number of hydrogen-bond donors (Lipinski definition) is 0. The highest BCUT2D eigenvalue weighted by Crippen LogP contribution is 2.26. The Labute approximate surface area is 49.4 Å². The summed E-state index contributed by atoms with van der Waals surface area (Å²) in [6, 6.07) is 0.639. The molecule has 0 aromatic carbocycles. The van der Waals surface area contributed by atoms with Crippen molar-refractivity contribution in [3.8, 4) is 0 Å². The Balaban J connectivity index is 2.11. The van der Waals surface area contributed by atoms with Crippen molar-refractivity contribution in [3.05, 3.63) is 7.05 Å². The lowest BCUT2D eigenvalue weighted by Gasteiger charge is -2.28. The molecule has 2 aliphatic heterocycles. The summed E-state index contributed by atoms with van der Waals surface area (Å²) in [6.45, 7) is 1.96. The van der Waals surface area contributed by atoms with E-state index in [2.05, 4.69) is 11.9 Å². The van der Waals surface area contributed by atoms with Crippen LogP contribution in [0.3, 0.4) is 0 Å². The van der Waals surface area contributed by atoms with Crippen LogP contribution in [-0.4, -0.2) is 30.2 Å². The third kappa shape index (κ3) is 0.501. The molecule has 46 valence electrons. The lowest BCUT2D eigenvalue weighted by atomic mass is 10.2. The highest BCUT2D eigenvalue weighted by atomic mass is 16.5. The molecule has 2 heteroatoms. The molecule has 2 saturated heterocycles. The predicted molar refractivity (Wildman–Crippen MR) is 30.2 cm³/mol. The second-order valence-electron chi connectivity index (χ2n) is 2.62. The number of nitrogens with zero attached hydrogens (tertiary/aromatic N) is 1. The van der Waals surface area contributed by atoms with Gasteiger partial charge in [0.2, 0.25) is 0 Å². The molecule has 2 nitrogen and oxygen atoms in total. The molecule has 0 aromatic rings. The minimum Gasteiger partial charge on any atom is -0.453 e. The summed E-state index contributed by atoms with van der Waals surface area (Å²) >= 11 is 0. The minimum absolute atomic E-state index is 0.512. The fourth-order valence-corrected chi connectivity index (χ4v) is 1.48. The smallest absolute Gasteiger partial charge is 0.0693 e. The Bertz CT molecular complexity index is 103. The summed E-state index contributed by atoms with van der Waals surface area (Å²) in [5, 5.41) is 0. The van der Waals surface area contributed by atoms with Crippen molar-refractivity contribution in [3.63, 3.8) is 0 Å². The molecule has 2 heterocycles. The first-order valence-corrected chi connectivity index (χ1v) is 3.05. The van der Waals surface area contributed by atoms with Crippen molar-refractivity contribution in [2.75, 3.05) is 13.2 Å². The summed E-state index contributed by atoms with van der Waals surface area (Å²) in [5.74, 6) is 0. The maximum atomic E-state index is 5.34. The second kappa shape index (κ2) is 1.45. The zero-order chi connectivity index (χ0) is 5.56. The Hall–Kier alpha value is -0.0800. The summed E-state index contributed by atoms with van der Waals surface area (Å²) in [7, 11) is 3.87. The fourth-order valence-electron chi connectivity index (χ4n) is 1.48. The van der Waals surface area contributed by atoms with Crippen LogP contribution >= 0.6 is 0 Å². The van der Waals surface area contributed by atoms with Crippen LogP contribution in [0.2, 0.25) is 0 Å². The van der Waals surface area contributed by atoms with Crippen molar-refractivity contribution in [1.82, 2.24) is 4.90 Å². The lowest BCUT2D eigenvalue weighted by molar-refractivity contribution is 0.0482. The molecule has 2 bridgehead atoms. The third-order valence-electron chi connectivity index (χ3n) is 2.01. The van der Waals surface area contributed by atoms with Crippen LogP contribution in [0.15, 0.2) is 0 Å². The van der Waals surface area contributed by atoms with Crippen molar-refractivity contribution >= 4 is 0 Å². The van der Waals surface area contributed by atoms with Gasteiger partial charge in [-0.1, -0.05) is 0 Å². The van der Waals surface area contributed by atoms with Crippen LogP contribution in [-0.2, 0) is 4.74 Å². The van der Waals surface area contributed by atoms with Gasteiger partial charge in [-0.15, -0.1) is 0 Å². The largest absolute Gasteiger partial charge is 0.453 e. The van der Waals surface area contributed by atoms with E-state index in [9.17, 15) is 0 Å². The van der Waals surface area contributed by atoms with Gasteiger partial charge >= 0.3 is 0 Å². The molecule has 0 amide bonds. The average molecular weight is 112 g/mol. The average Bonchev–Trinajstić information content (AvgIpc) is 2.23. The molecule has 2 rings (SSSR count). The number of likely N-dealkylation sites (tertiary alicyclic amines) is 1. The van der Waals surface area contributed by atoms with E-state index >= 15 is 0 Å². The number of morpholine rings is 1. The standard InChI is InChI=1S/C6H10NO/c1-7-3-6-2-5(7)4-8-6/h5-6H,1-4H2/q-1/t5-,6-/m1/s1. The second-order valence-corrected chi connectivity index (χ2v) is 2.62. The normalized spacial score (nSPS) is 46.1. The van der Waals surface area contributed by atoms with E-state index in [1.807, 2.05) is 0 Å². The maximum Gasteiger partial charge on any atom is 0.0693 e. The number of rotatable bonds is 0. The molecule has 0 radical (unpaired) electrons. The van der Waals surface area contributed by atoms with E-state index in [-0.39, 0.29) is 0 Å².